The summed E-state index contributed by atoms with van der Waals surface area (Å²) in [4.78, 5) is 18.7. The van der Waals surface area contributed by atoms with Crippen molar-refractivity contribution in [3.63, 3.8) is 0 Å². The first kappa shape index (κ1) is 14.4. The fraction of sp³-hybridized carbons (Fsp3) is 0.200. The summed E-state index contributed by atoms with van der Waals surface area (Å²) in [7, 11) is 1.76. The van der Waals surface area contributed by atoms with E-state index in [4.69, 9.17) is 0 Å². The Morgan fingerprint density at radius 1 is 1.32 bits per heavy atom. The lowest BCUT2D eigenvalue weighted by molar-refractivity contribution is 0.0733. The van der Waals surface area contributed by atoms with Crippen LogP contribution in [0, 0.1) is 0 Å². The molecule has 2 aromatic heterocycles. The monoisotopic (exact) mass is 313 g/mol. The number of carbonyl (C=O) groups excluding carboxylic acids is 1. The van der Waals surface area contributed by atoms with Crippen LogP contribution in [0.5, 0.6) is 0 Å². The zero-order valence-corrected chi connectivity index (χ0v) is 13.1. The van der Waals surface area contributed by atoms with Gasteiger partial charge in [0, 0.05) is 18.6 Å². The number of benzene rings is 1. The summed E-state index contributed by atoms with van der Waals surface area (Å²) < 4.78 is 1.55. The van der Waals surface area contributed by atoms with Crippen LogP contribution in [-0.4, -0.2) is 37.8 Å². The molecule has 0 radical (unpaired) electrons. The Morgan fingerprint density at radius 2 is 2.09 bits per heavy atom. The lowest BCUT2D eigenvalue weighted by Gasteiger charge is -2.23. The van der Waals surface area contributed by atoms with E-state index in [1.54, 1.807) is 22.8 Å². The van der Waals surface area contributed by atoms with Gasteiger partial charge in [0.2, 0.25) is 0 Å². The quantitative estimate of drug-likeness (QED) is 0.742. The minimum Gasteiger partial charge on any atom is -0.331 e. The Bertz CT molecular complexity index is 753. The minimum atomic E-state index is -0.142. The molecule has 0 saturated carbocycles. The second-order valence-electron chi connectivity index (χ2n) is 4.83. The molecule has 6 nitrogen and oxygen atoms in total. The first-order valence-corrected chi connectivity index (χ1v) is 7.69. The average molecular weight is 313 g/mol. The van der Waals surface area contributed by atoms with Crippen LogP contribution in [0.15, 0.2) is 48.1 Å². The zero-order valence-electron chi connectivity index (χ0n) is 12.2. The standard InChI is InChI=1S/C15H15N5OS/c1-11(14-16-8-9-22-14)19(2)15(21)13-10-17-18-20(13)12-6-4-3-5-7-12/h3-11H,1-2H3/t11-/m1/s1. The summed E-state index contributed by atoms with van der Waals surface area (Å²) in [5.41, 5.74) is 1.23. The van der Waals surface area contributed by atoms with E-state index in [9.17, 15) is 4.79 Å². The third-order valence-corrected chi connectivity index (χ3v) is 4.43. The molecule has 7 heteroatoms. The summed E-state index contributed by atoms with van der Waals surface area (Å²) in [6, 6.07) is 9.37. The van der Waals surface area contributed by atoms with Gasteiger partial charge in [0.25, 0.3) is 5.91 Å². The van der Waals surface area contributed by atoms with E-state index in [0.29, 0.717) is 5.69 Å². The van der Waals surface area contributed by atoms with Crippen molar-refractivity contribution in [1.29, 1.82) is 0 Å². The van der Waals surface area contributed by atoms with Gasteiger partial charge < -0.3 is 4.90 Å². The normalized spacial score (nSPS) is 12.1. The number of carbonyl (C=O) groups is 1. The molecule has 0 bridgehead atoms. The Balaban J connectivity index is 1.89. The molecule has 0 spiro atoms. The van der Waals surface area contributed by atoms with Gasteiger partial charge in [-0.1, -0.05) is 23.4 Å². The van der Waals surface area contributed by atoms with Gasteiger partial charge in [-0.05, 0) is 19.1 Å². The van der Waals surface area contributed by atoms with Crippen LogP contribution in [0.4, 0.5) is 0 Å². The van der Waals surface area contributed by atoms with Crippen LogP contribution < -0.4 is 0 Å². The molecule has 3 rings (SSSR count). The highest BCUT2D eigenvalue weighted by atomic mass is 32.1. The van der Waals surface area contributed by atoms with Gasteiger partial charge in [0.1, 0.15) is 5.01 Å². The lowest BCUT2D eigenvalue weighted by Crippen LogP contribution is -2.31. The maximum atomic E-state index is 12.7. The third-order valence-electron chi connectivity index (χ3n) is 3.48. The molecule has 0 saturated heterocycles. The number of para-hydroxylation sites is 1. The Labute approximate surface area is 132 Å². The summed E-state index contributed by atoms with van der Waals surface area (Å²) >= 11 is 1.53. The molecule has 1 aromatic carbocycles. The van der Waals surface area contributed by atoms with E-state index in [0.717, 1.165) is 10.7 Å². The molecule has 0 fully saturated rings. The van der Waals surface area contributed by atoms with Crippen LogP contribution in [0.1, 0.15) is 28.5 Å². The Hall–Kier alpha value is -2.54. The van der Waals surface area contributed by atoms with Gasteiger partial charge in [0.05, 0.1) is 17.9 Å². The molecule has 0 aliphatic carbocycles. The highest BCUT2D eigenvalue weighted by Gasteiger charge is 2.24. The number of thiazole rings is 1. The number of amides is 1. The number of rotatable bonds is 4. The van der Waals surface area contributed by atoms with E-state index in [1.807, 2.05) is 42.6 Å². The van der Waals surface area contributed by atoms with Crippen molar-refractivity contribution in [1.82, 2.24) is 24.9 Å². The summed E-state index contributed by atoms with van der Waals surface area (Å²) in [6.45, 7) is 1.95. The largest absolute Gasteiger partial charge is 0.331 e. The zero-order chi connectivity index (χ0) is 15.5. The van der Waals surface area contributed by atoms with Crippen LogP contribution in [0.2, 0.25) is 0 Å². The van der Waals surface area contributed by atoms with Gasteiger partial charge in [-0.3, -0.25) is 4.79 Å². The predicted octanol–water partition coefficient (Wildman–Crippen LogP) is 2.56. The van der Waals surface area contributed by atoms with Gasteiger partial charge in [-0.2, -0.15) is 0 Å². The van der Waals surface area contributed by atoms with Crippen LogP contribution >= 0.6 is 11.3 Å². The van der Waals surface area contributed by atoms with Gasteiger partial charge in [0.15, 0.2) is 5.69 Å². The number of hydrogen-bond acceptors (Lipinski definition) is 5. The second-order valence-corrected chi connectivity index (χ2v) is 5.76. The predicted molar refractivity (Wildman–Crippen MR) is 84.0 cm³/mol. The van der Waals surface area contributed by atoms with Crippen molar-refractivity contribution >= 4 is 17.2 Å². The van der Waals surface area contributed by atoms with Crippen LogP contribution in [0.3, 0.4) is 0 Å². The molecule has 0 aliphatic heterocycles. The van der Waals surface area contributed by atoms with E-state index < -0.39 is 0 Å². The Morgan fingerprint density at radius 3 is 2.77 bits per heavy atom. The average Bonchev–Trinajstić information content (AvgIpc) is 3.24. The number of hydrogen-bond donors (Lipinski definition) is 0. The first-order valence-electron chi connectivity index (χ1n) is 6.81. The van der Waals surface area contributed by atoms with Gasteiger partial charge in [-0.25, -0.2) is 9.67 Å². The molecule has 112 valence electrons. The number of nitrogens with zero attached hydrogens (tertiary/aromatic N) is 5. The topological polar surface area (TPSA) is 63.9 Å². The second kappa shape index (κ2) is 6.07. The highest BCUT2D eigenvalue weighted by molar-refractivity contribution is 7.09. The van der Waals surface area contributed by atoms with Crippen molar-refractivity contribution in [2.24, 2.45) is 0 Å². The fourth-order valence-corrected chi connectivity index (χ4v) is 2.84. The SMILES string of the molecule is C[C@H](c1nccs1)N(C)C(=O)c1cnnn1-c1ccccc1. The van der Waals surface area contributed by atoms with Crippen molar-refractivity contribution in [2.45, 2.75) is 13.0 Å². The minimum absolute atomic E-state index is 0.105. The van der Waals surface area contributed by atoms with E-state index in [2.05, 4.69) is 15.3 Å². The molecule has 0 N–H and O–H groups in total. The summed E-state index contributed by atoms with van der Waals surface area (Å²) in [5.74, 6) is -0.142. The van der Waals surface area contributed by atoms with Crippen molar-refractivity contribution < 1.29 is 4.79 Å². The van der Waals surface area contributed by atoms with Crippen molar-refractivity contribution in [3.8, 4) is 5.69 Å². The van der Waals surface area contributed by atoms with E-state index >= 15 is 0 Å². The fourth-order valence-electron chi connectivity index (χ4n) is 2.10. The lowest BCUT2D eigenvalue weighted by atomic mass is 10.2. The summed E-state index contributed by atoms with van der Waals surface area (Å²) in [6.07, 6.45) is 3.23. The van der Waals surface area contributed by atoms with Gasteiger partial charge >= 0.3 is 0 Å². The maximum Gasteiger partial charge on any atom is 0.274 e. The highest BCUT2D eigenvalue weighted by Crippen LogP contribution is 2.22. The molecular weight excluding hydrogens is 298 g/mol. The van der Waals surface area contributed by atoms with Crippen molar-refractivity contribution in [2.75, 3.05) is 7.05 Å². The Kier molecular flexibility index (Phi) is 3.97. The van der Waals surface area contributed by atoms with E-state index in [-0.39, 0.29) is 11.9 Å². The molecule has 0 aliphatic rings. The van der Waals surface area contributed by atoms with Crippen LogP contribution in [0.25, 0.3) is 5.69 Å². The smallest absolute Gasteiger partial charge is 0.274 e. The first-order chi connectivity index (χ1) is 10.7. The molecule has 2 heterocycles. The molecule has 0 unspecified atom stereocenters. The van der Waals surface area contributed by atoms with Crippen LogP contribution in [-0.2, 0) is 0 Å². The van der Waals surface area contributed by atoms with Crippen molar-refractivity contribution in [3.05, 3.63) is 58.8 Å². The molecular formula is C15H15N5OS. The van der Waals surface area contributed by atoms with Gasteiger partial charge in [-0.15, -0.1) is 16.4 Å². The molecule has 22 heavy (non-hydrogen) atoms. The molecule has 1 atom stereocenters. The molecule has 1 amide bonds. The third kappa shape index (κ3) is 2.62. The maximum absolute atomic E-state index is 12.7. The molecule has 3 aromatic rings. The number of aromatic nitrogens is 4. The summed E-state index contributed by atoms with van der Waals surface area (Å²) in [5, 5.41) is 10.7. The van der Waals surface area contributed by atoms with E-state index in [1.165, 1.54) is 17.5 Å².